The molecule has 0 fully saturated rings. The highest BCUT2D eigenvalue weighted by molar-refractivity contribution is 5.94. The molecule has 6 heteroatoms. The molecule has 3 aromatic carbocycles. The van der Waals surface area contributed by atoms with Crippen LogP contribution in [0.1, 0.15) is 36.0 Å². The summed E-state index contributed by atoms with van der Waals surface area (Å²) >= 11 is 0. The predicted octanol–water partition coefficient (Wildman–Crippen LogP) is 5.43. The Balaban J connectivity index is 1.58. The lowest BCUT2D eigenvalue weighted by Crippen LogP contribution is -2.18. The van der Waals surface area contributed by atoms with Crippen molar-refractivity contribution in [2.24, 2.45) is 0 Å². The minimum absolute atomic E-state index is 0.00984. The fraction of sp³-hybridized carbons (Fsp3) is 0.250. The number of Topliss-reactive ketones (excluding diaryl/α,β-unsaturated/α-hetero) is 1. The van der Waals surface area contributed by atoms with Gasteiger partial charge in [0.1, 0.15) is 23.0 Å². The van der Waals surface area contributed by atoms with Crippen LogP contribution in [-0.4, -0.2) is 26.8 Å². The third-order valence-corrected chi connectivity index (χ3v) is 6.32. The van der Waals surface area contributed by atoms with Crippen LogP contribution in [0.4, 0.5) is 0 Å². The molecular weight excluding hydrogens is 432 g/mol. The number of allylic oxidation sites excluding steroid dienone is 2. The van der Waals surface area contributed by atoms with Gasteiger partial charge in [-0.25, -0.2) is 0 Å². The lowest BCUT2D eigenvalue weighted by atomic mass is 9.83. The Morgan fingerprint density at radius 1 is 0.882 bits per heavy atom. The Morgan fingerprint density at radius 3 is 2.12 bits per heavy atom. The Labute approximate surface area is 198 Å². The Morgan fingerprint density at radius 2 is 1.50 bits per heavy atom. The number of ketones is 1. The zero-order valence-corrected chi connectivity index (χ0v) is 19.4. The Bertz CT molecular complexity index is 1240. The molecule has 174 valence electrons. The van der Waals surface area contributed by atoms with E-state index in [0.717, 1.165) is 28.2 Å². The highest BCUT2D eigenvalue weighted by Crippen LogP contribution is 2.48. The molecule has 0 aliphatic carbocycles. The molecule has 0 bridgehead atoms. The monoisotopic (exact) mass is 458 g/mol. The summed E-state index contributed by atoms with van der Waals surface area (Å²) in [4.78, 5) is 12.8. The number of rotatable bonds is 6. The molecule has 3 aromatic rings. The van der Waals surface area contributed by atoms with Gasteiger partial charge in [0, 0.05) is 36.0 Å². The van der Waals surface area contributed by atoms with E-state index in [9.17, 15) is 4.79 Å². The van der Waals surface area contributed by atoms with Gasteiger partial charge in [-0.1, -0.05) is 24.3 Å². The lowest BCUT2D eigenvalue weighted by Gasteiger charge is -2.30. The van der Waals surface area contributed by atoms with E-state index in [4.69, 9.17) is 23.7 Å². The van der Waals surface area contributed by atoms with Gasteiger partial charge in [-0.3, -0.25) is 4.79 Å². The Kier molecular flexibility index (Phi) is 5.88. The van der Waals surface area contributed by atoms with Crippen LogP contribution < -0.4 is 23.7 Å². The van der Waals surface area contributed by atoms with Crippen LogP contribution >= 0.6 is 0 Å². The van der Waals surface area contributed by atoms with Crippen molar-refractivity contribution in [2.75, 3.05) is 21.0 Å². The molecule has 2 aliphatic rings. The molecule has 1 atom stereocenters. The van der Waals surface area contributed by atoms with Gasteiger partial charge in [-0.2, -0.15) is 0 Å². The molecule has 0 amide bonds. The molecule has 0 unspecified atom stereocenters. The molecule has 0 spiro atoms. The molecular formula is C28H26O6. The van der Waals surface area contributed by atoms with Crippen LogP contribution in [0.5, 0.6) is 28.7 Å². The van der Waals surface area contributed by atoms with Gasteiger partial charge in [0.05, 0.1) is 14.2 Å². The normalized spacial score (nSPS) is 17.4. The van der Waals surface area contributed by atoms with Crippen LogP contribution in [0.3, 0.4) is 0 Å². The van der Waals surface area contributed by atoms with Gasteiger partial charge < -0.3 is 23.7 Å². The summed E-state index contributed by atoms with van der Waals surface area (Å²) in [5, 5.41) is 0. The number of hydrogen-bond acceptors (Lipinski definition) is 6. The molecule has 0 aromatic heterocycles. The van der Waals surface area contributed by atoms with Crippen molar-refractivity contribution in [3.63, 3.8) is 0 Å². The summed E-state index contributed by atoms with van der Waals surface area (Å²) in [5.74, 6) is 4.26. The maximum atomic E-state index is 12.8. The van der Waals surface area contributed by atoms with Crippen LogP contribution in [0.15, 0.2) is 72.0 Å². The molecule has 5 rings (SSSR count). The molecule has 0 saturated heterocycles. The van der Waals surface area contributed by atoms with Crippen LogP contribution in [0.25, 0.3) is 0 Å². The fourth-order valence-corrected chi connectivity index (χ4v) is 4.45. The molecule has 0 N–H and O–H groups in total. The quantitative estimate of drug-likeness (QED) is 0.459. The summed E-state index contributed by atoms with van der Waals surface area (Å²) in [6.45, 7) is 1.77. The van der Waals surface area contributed by atoms with E-state index >= 15 is 0 Å². The van der Waals surface area contributed by atoms with Crippen molar-refractivity contribution >= 4 is 5.78 Å². The van der Waals surface area contributed by atoms with Crippen LogP contribution in [-0.2, 0) is 11.2 Å². The second kappa shape index (κ2) is 9.14. The number of benzene rings is 3. The van der Waals surface area contributed by atoms with Crippen molar-refractivity contribution in [3.05, 3.63) is 88.7 Å². The number of ether oxygens (including phenoxy) is 5. The zero-order chi connectivity index (χ0) is 23.7. The van der Waals surface area contributed by atoms with Gasteiger partial charge in [-0.05, 0) is 48.4 Å². The third kappa shape index (κ3) is 4.19. The van der Waals surface area contributed by atoms with Gasteiger partial charge in [0.15, 0.2) is 17.3 Å². The molecule has 34 heavy (non-hydrogen) atoms. The van der Waals surface area contributed by atoms with Crippen LogP contribution in [0, 0.1) is 0 Å². The summed E-state index contributed by atoms with van der Waals surface area (Å²) in [6.07, 6.45) is 1.04. The van der Waals surface area contributed by atoms with E-state index in [1.165, 1.54) is 0 Å². The molecule has 6 nitrogen and oxygen atoms in total. The maximum Gasteiger partial charge on any atom is 0.231 e. The van der Waals surface area contributed by atoms with E-state index in [1.807, 2.05) is 48.5 Å². The SMILES string of the molecule is COc1ccc(C/C(C(C)=O)=C2/C[C@@H](c3ccc(OC)cc3)c3cc4c(cc3O2)OCO4)cc1. The first-order chi connectivity index (χ1) is 16.6. The number of methoxy groups -OCH3 is 2. The van der Waals surface area contributed by atoms with E-state index < -0.39 is 0 Å². The second-order valence-electron chi connectivity index (χ2n) is 8.36. The lowest BCUT2D eigenvalue weighted by molar-refractivity contribution is -0.113. The van der Waals surface area contributed by atoms with Crippen LogP contribution in [0.2, 0.25) is 0 Å². The van der Waals surface area contributed by atoms with Crippen molar-refractivity contribution < 1.29 is 28.5 Å². The summed E-state index contributed by atoms with van der Waals surface area (Å²) in [6, 6.07) is 19.6. The highest BCUT2D eigenvalue weighted by Gasteiger charge is 2.32. The summed E-state index contributed by atoms with van der Waals surface area (Å²) in [7, 11) is 3.29. The van der Waals surface area contributed by atoms with Gasteiger partial charge in [0.2, 0.25) is 6.79 Å². The largest absolute Gasteiger partial charge is 0.497 e. The minimum Gasteiger partial charge on any atom is -0.497 e. The summed E-state index contributed by atoms with van der Waals surface area (Å²) in [5.41, 5.74) is 3.78. The van der Waals surface area contributed by atoms with Gasteiger partial charge in [-0.15, -0.1) is 0 Å². The first-order valence-electron chi connectivity index (χ1n) is 11.2. The average Bonchev–Trinajstić information content (AvgIpc) is 3.33. The smallest absolute Gasteiger partial charge is 0.231 e. The molecule has 2 heterocycles. The van der Waals surface area contributed by atoms with E-state index in [2.05, 4.69) is 12.1 Å². The van der Waals surface area contributed by atoms with E-state index in [-0.39, 0.29) is 18.5 Å². The topological polar surface area (TPSA) is 63.2 Å². The van der Waals surface area contributed by atoms with Gasteiger partial charge in [0.25, 0.3) is 0 Å². The molecule has 0 radical (unpaired) electrons. The number of fused-ring (bicyclic) bond motifs is 2. The highest BCUT2D eigenvalue weighted by atomic mass is 16.7. The van der Waals surface area contributed by atoms with Crippen molar-refractivity contribution in [3.8, 4) is 28.7 Å². The summed E-state index contributed by atoms with van der Waals surface area (Å²) < 4.78 is 28.2. The fourth-order valence-electron chi connectivity index (χ4n) is 4.45. The minimum atomic E-state index is -0.0107. The Hall–Kier alpha value is -3.93. The van der Waals surface area contributed by atoms with Crippen molar-refractivity contribution in [2.45, 2.75) is 25.7 Å². The first kappa shape index (κ1) is 21.9. The molecule has 2 aliphatic heterocycles. The van der Waals surface area contributed by atoms with Gasteiger partial charge >= 0.3 is 0 Å². The maximum absolute atomic E-state index is 12.8. The number of hydrogen-bond donors (Lipinski definition) is 0. The number of carbonyl (C=O) groups excluding carboxylic acids is 1. The third-order valence-electron chi connectivity index (χ3n) is 6.32. The van der Waals surface area contributed by atoms with E-state index in [1.54, 1.807) is 21.1 Å². The zero-order valence-electron chi connectivity index (χ0n) is 19.4. The van der Waals surface area contributed by atoms with Crippen molar-refractivity contribution in [1.29, 1.82) is 0 Å². The standard InChI is InChI=1S/C28H26O6/c1-17(29)22(12-18-4-8-20(30-2)9-5-18)25-13-23(19-6-10-21(31-3)11-7-19)24-14-27-28(33-16-32-27)15-26(24)34-25/h4-11,14-15,23H,12-13,16H2,1-3H3/b25-22+/t23-/m0/s1. The first-order valence-corrected chi connectivity index (χ1v) is 11.2. The van der Waals surface area contributed by atoms with E-state index in [0.29, 0.717) is 41.4 Å². The predicted molar refractivity (Wildman–Crippen MR) is 127 cm³/mol. The number of carbonyl (C=O) groups is 1. The average molecular weight is 459 g/mol. The van der Waals surface area contributed by atoms with Crippen molar-refractivity contribution in [1.82, 2.24) is 0 Å². The molecule has 0 saturated carbocycles. The second-order valence-corrected chi connectivity index (χ2v) is 8.36.